The maximum atomic E-state index is 12.5. The molecule has 32 heavy (non-hydrogen) atoms. The van der Waals surface area contributed by atoms with E-state index in [1.807, 2.05) is 31.2 Å². The van der Waals surface area contributed by atoms with E-state index in [0.29, 0.717) is 17.2 Å². The normalized spacial score (nSPS) is 12.0. The predicted molar refractivity (Wildman–Crippen MR) is 126 cm³/mol. The van der Waals surface area contributed by atoms with Crippen LogP contribution in [0.15, 0.2) is 82.2 Å². The first-order chi connectivity index (χ1) is 15.3. The van der Waals surface area contributed by atoms with Crippen LogP contribution in [-0.4, -0.2) is 28.0 Å². The molecule has 2 N–H and O–H groups in total. The Morgan fingerprint density at radius 1 is 1.00 bits per heavy atom. The van der Waals surface area contributed by atoms with Crippen LogP contribution >= 0.6 is 15.9 Å². The molecule has 3 aromatic carbocycles. The van der Waals surface area contributed by atoms with Gasteiger partial charge in [-0.05, 0) is 61.5 Å². The number of rotatable bonds is 9. The number of methoxy groups -OCH3 is 1. The van der Waals surface area contributed by atoms with E-state index >= 15 is 0 Å². The van der Waals surface area contributed by atoms with E-state index in [1.165, 1.54) is 24.3 Å². The fraction of sp³-hybridized carbons (Fsp3) is 0.174. The zero-order valence-corrected chi connectivity index (χ0v) is 19.9. The Morgan fingerprint density at radius 2 is 1.66 bits per heavy atom. The molecular weight excluding hydrogens is 496 g/mol. The predicted octanol–water partition coefficient (Wildman–Crippen LogP) is 4.51. The van der Waals surface area contributed by atoms with Crippen molar-refractivity contribution in [1.29, 1.82) is 0 Å². The summed E-state index contributed by atoms with van der Waals surface area (Å²) in [6.45, 7) is 1.65. The number of para-hydroxylation sites is 1. The van der Waals surface area contributed by atoms with E-state index in [-0.39, 0.29) is 23.5 Å². The molecule has 0 aliphatic heterocycles. The summed E-state index contributed by atoms with van der Waals surface area (Å²) in [7, 11) is -2.16. The Balaban J connectivity index is 1.56. The minimum Gasteiger partial charge on any atom is -0.496 e. The summed E-state index contributed by atoms with van der Waals surface area (Å²) in [6.07, 6.45) is 0. The van der Waals surface area contributed by atoms with Crippen molar-refractivity contribution in [3.8, 4) is 11.5 Å². The molecule has 0 aliphatic carbocycles. The van der Waals surface area contributed by atoms with Crippen molar-refractivity contribution in [3.63, 3.8) is 0 Å². The minimum absolute atomic E-state index is 0.0852. The lowest BCUT2D eigenvalue weighted by Crippen LogP contribution is -2.31. The van der Waals surface area contributed by atoms with Crippen molar-refractivity contribution >= 4 is 37.5 Å². The van der Waals surface area contributed by atoms with Gasteiger partial charge in [0, 0.05) is 15.7 Å². The van der Waals surface area contributed by atoms with Gasteiger partial charge in [-0.15, -0.1) is 0 Å². The van der Waals surface area contributed by atoms with Crippen LogP contribution in [0.1, 0.15) is 18.5 Å². The smallest absolute Gasteiger partial charge is 0.261 e. The number of hydrogen-bond acceptors (Lipinski definition) is 5. The second kappa shape index (κ2) is 10.5. The van der Waals surface area contributed by atoms with Crippen LogP contribution in [0.5, 0.6) is 11.5 Å². The number of anilines is 1. The van der Waals surface area contributed by atoms with Gasteiger partial charge in [0.05, 0.1) is 18.0 Å². The average molecular weight is 519 g/mol. The van der Waals surface area contributed by atoms with E-state index < -0.39 is 10.0 Å². The Bertz CT molecular complexity index is 1170. The highest BCUT2D eigenvalue weighted by atomic mass is 79.9. The summed E-state index contributed by atoms with van der Waals surface area (Å²) < 4.78 is 39.2. The second-order valence-electron chi connectivity index (χ2n) is 6.90. The molecule has 0 aromatic heterocycles. The molecule has 0 bridgehead atoms. The molecule has 0 radical (unpaired) electrons. The lowest BCUT2D eigenvalue weighted by molar-refractivity contribution is -0.123. The Kier molecular flexibility index (Phi) is 7.76. The van der Waals surface area contributed by atoms with Crippen LogP contribution in [0, 0.1) is 0 Å². The summed E-state index contributed by atoms with van der Waals surface area (Å²) in [5.41, 5.74) is 1.31. The van der Waals surface area contributed by atoms with Gasteiger partial charge >= 0.3 is 0 Å². The third kappa shape index (κ3) is 6.24. The summed E-state index contributed by atoms with van der Waals surface area (Å²) in [4.78, 5) is 12.4. The van der Waals surface area contributed by atoms with Crippen LogP contribution < -0.4 is 19.5 Å². The van der Waals surface area contributed by atoms with Crippen molar-refractivity contribution in [2.45, 2.75) is 17.9 Å². The molecule has 0 aliphatic rings. The zero-order chi connectivity index (χ0) is 23.1. The van der Waals surface area contributed by atoms with E-state index in [0.717, 1.165) is 10.0 Å². The Morgan fingerprint density at radius 3 is 2.31 bits per heavy atom. The number of hydrogen-bond donors (Lipinski definition) is 2. The van der Waals surface area contributed by atoms with Crippen LogP contribution in [0.3, 0.4) is 0 Å². The maximum Gasteiger partial charge on any atom is 0.261 e. The lowest BCUT2D eigenvalue weighted by Gasteiger charge is -2.17. The third-order valence-corrected chi connectivity index (χ3v) is 6.51. The topological polar surface area (TPSA) is 93.7 Å². The first-order valence-corrected chi connectivity index (χ1v) is 12.0. The first kappa shape index (κ1) is 23.6. The van der Waals surface area contributed by atoms with Crippen LogP contribution in [0.4, 0.5) is 5.69 Å². The van der Waals surface area contributed by atoms with E-state index in [9.17, 15) is 13.2 Å². The number of ether oxygens (including phenoxy) is 2. The fourth-order valence-electron chi connectivity index (χ4n) is 2.98. The monoisotopic (exact) mass is 518 g/mol. The molecule has 7 nitrogen and oxygen atoms in total. The number of nitrogens with one attached hydrogen (secondary N) is 2. The first-order valence-electron chi connectivity index (χ1n) is 9.72. The number of carbonyl (C=O) groups excluding carboxylic acids is 1. The van der Waals surface area contributed by atoms with Crippen molar-refractivity contribution < 1.29 is 22.7 Å². The van der Waals surface area contributed by atoms with Gasteiger partial charge in [-0.25, -0.2) is 8.42 Å². The molecule has 0 spiro atoms. The molecule has 168 valence electrons. The summed E-state index contributed by atoms with van der Waals surface area (Å²) in [5.74, 6) is 0.763. The van der Waals surface area contributed by atoms with E-state index in [1.54, 1.807) is 31.4 Å². The zero-order valence-electron chi connectivity index (χ0n) is 17.5. The van der Waals surface area contributed by atoms with Crippen LogP contribution in [0.2, 0.25) is 0 Å². The molecule has 0 saturated carbocycles. The molecule has 0 unspecified atom stereocenters. The summed E-state index contributed by atoms with van der Waals surface area (Å²) >= 11 is 3.31. The van der Waals surface area contributed by atoms with Crippen LogP contribution in [-0.2, 0) is 14.8 Å². The quantitative estimate of drug-likeness (QED) is 0.434. The van der Waals surface area contributed by atoms with Crippen LogP contribution in [0.25, 0.3) is 0 Å². The molecule has 0 saturated heterocycles. The Labute approximate surface area is 195 Å². The molecular formula is C23H23BrN2O5S. The van der Waals surface area contributed by atoms with Gasteiger partial charge in [-0.1, -0.05) is 34.1 Å². The third-order valence-electron chi connectivity index (χ3n) is 4.58. The van der Waals surface area contributed by atoms with Gasteiger partial charge in [0.2, 0.25) is 0 Å². The highest BCUT2D eigenvalue weighted by Gasteiger charge is 2.16. The van der Waals surface area contributed by atoms with E-state index in [4.69, 9.17) is 9.47 Å². The van der Waals surface area contributed by atoms with Crippen molar-refractivity contribution in [2.75, 3.05) is 18.4 Å². The highest BCUT2D eigenvalue weighted by molar-refractivity contribution is 9.10. The average Bonchev–Trinajstić information content (AvgIpc) is 2.79. The van der Waals surface area contributed by atoms with E-state index in [2.05, 4.69) is 26.0 Å². The number of carbonyl (C=O) groups is 1. The summed E-state index contributed by atoms with van der Waals surface area (Å²) in [6, 6.07) is 19.8. The van der Waals surface area contributed by atoms with Gasteiger partial charge in [0.15, 0.2) is 6.61 Å². The number of halogens is 1. The molecule has 0 fully saturated rings. The molecule has 1 atom stereocenters. The Hall–Kier alpha value is -3.04. The highest BCUT2D eigenvalue weighted by Crippen LogP contribution is 2.24. The largest absolute Gasteiger partial charge is 0.496 e. The van der Waals surface area contributed by atoms with Gasteiger partial charge in [-0.3, -0.25) is 9.52 Å². The maximum absolute atomic E-state index is 12.5. The SMILES string of the molecule is COc1ccccc1[C@H](C)NC(=O)COc1ccc(S(=O)(=O)Nc2ccc(Br)cc2)cc1. The molecule has 9 heteroatoms. The number of amides is 1. The molecule has 0 heterocycles. The van der Waals surface area contributed by atoms with Crippen molar-refractivity contribution in [1.82, 2.24) is 5.32 Å². The van der Waals surface area contributed by atoms with Crippen molar-refractivity contribution in [3.05, 3.63) is 82.8 Å². The number of sulfonamides is 1. The fourth-order valence-corrected chi connectivity index (χ4v) is 4.30. The van der Waals surface area contributed by atoms with Gasteiger partial charge in [-0.2, -0.15) is 0 Å². The van der Waals surface area contributed by atoms with Gasteiger partial charge in [0.25, 0.3) is 15.9 Å². The molecule has 3 rings (SSSR count). The van der Waals surface area contributed by atoms with Gasteiger partial charge < -0.3 is 14.8 Å². The summed E-state index contributed by atoms with van der Waals surface area (Å²) in [5, 5.41) is 2.85. The lowest BCUT2D eigenvalue weighted by atomic mass is 10.1. The molecule has 1 amide bonds. The minimum atomic E-state index is -3.74. The molecule has 3 aromatic rings. The number of benzene rings is 3. The standard InChI is InChI=1S/C23H23BrN2O5S/c1-16(21-5-3-4-6-22(21)30-2)25-23(27)15-31-19-11-13-20(14-12-19)32(28,29)26-18-9-7-17(24)8-10-18/h3-14,16,26H,15H2,1-2H3,(H,25,27)/t16-/m0/s1. The van der Waals surface area contributed by atoms with Crippen molar-refractivity contribution in [2.24, 2.45) is 0 Å². The van der Waals surface area contributed by atoms with Gasteiger partial charge in [0.1, 0.15) is 11.5 Å². The second-order valence-corrected chi connectivity index (χ2v) is 9.50.